The van der Waals surface area contributed by atoms with Crippen molar-refractivity contribution in [1.29, 1.82) is 1.43 Å². The molecule has 0 aromatic heterocycles. The van der Waals surface area contributed by atoms with Crippen molar-refractivity contribution in [3.8, 4) is 0 Å². The van der Waals surface area contributed by atoms with Crippen LogP contribution in [0.15, 0.2) is 0 Å². The Kier molecular flexibility index (Phi) is 2.92. The molecule has 1 heterocycles. The Balaban J connectivity index is 0.000001000. The number of carboxylic acids is 1. The van der Waals surface area contributed by atoms with Crippen LogP contribution in [0.3, 0.4) is 0 Å². The van der Waals surface area contributed by atoms with Crippen LogP contribution in [0.4, 0.5) is 0 Å². The van der Waals surface area contributed by atoms with Gasteiger partial charge in [-0.05, 0) is 0 Å². The Morgan fingerprint density at radius 3 is 2.80 bits per heavy atom. The van der Waals surface area contributed by atoms with E-state index in [1.54, 1.807) is 0 Å². The normalized spacial score (nSPS) is 32.6. The average molecular weight is 169 g/mol. The quantitative estimate of drug-likeness (QED) is 0.506. The van der Waals surface area contributed by atoms with Gasteiger partial charge in [0.2, 0.25) is 1.43 Å². The molecule has 60 valence electrons. The highest BCUT2D eigenvalue weighted by Crippen LogP contribution is 2.05. The van der Waals surface area contributed by atoms with Gasteiger partial charge in [-0.25, -0.2) is 0 Å². The summed E-state index contributed by atoms with van der Waals surface area (Å²) in [6.45, 7) is 0.459. The van der Waals surface area contributed by atoms with Crippen molar-refractivity contribution in [3.63, 3.8) is 0 Å². The number of carboxylic acid groups (broad SMARTS) is 1. The summed E-state index contributed by atoms with van der Waals surface area (Å²) >= 11 is 0. The molecule has 2 atom stereocenters. The second-order valence-electron chi connectivity index (χ2n) is 2.16. The smallest absolute Gasteiger partial charge is 0.320 e. The molecule has 0 spiro atoms. The summed E-state index contributed by atoms with van der Waals surface area (Å²) in [4.78, 5) is 10.3. The fourth-order valence-corrected chi connectivity index (χ4v) is 0.891. The lowest BCUT2D eigenvalue weighted by Crippen LogP contribution is -2.29. The van der Waals surface area contributed by atoms with Gasteiger partial charge in [0.05, 0.1) is 6.10 Å². The van der Waals surface area contributed by atoms with E-state index in [0.29, 0.717) is 13.0 Å². The van der Waals surface area contributed by atoms with Gasteiger partial charge in [0.1, 0.15) is 6.04 Å². The lowest BCUT2D eigenvalue weighted by molar-refractivity contribution is -0.139. The minimum Gasteiger partial charge on any atom is -0.480 e. The molecule has 0 radical (unpaired) electrons. The summed E-state index contributed by atoms with van der Waals surface area (Å²) in [7, 11) is 0. The Morgan fingerprint density at radius 1 is 1.80 bits per heavy atom. The molecule has 0 aliphatic carbocycles. The van der Waals surface area contributed by atoms with Crippen molar-refractivity contribution in [1.82, 2.24) is 5.32 Å². The molecule has 1 rings (SSSR count). The van der Waals surface area contributed by atoms with Gasteiger partial charge >= 0.3 is 5.97 Å². The van der Waals surface area contributed by atoms with E-state index in [2.05, 4.69) is 10.4 Å². The minimum atomic E-state index is -0.875. The van der Waals surface area contributed by atoms with E-state index in [9.17, 15) is 4.79 Å². The number of aliphatic hydroxyl groups excluding tert-OH is 1. The molecule has 5 heteroatoms. The summed E-state index contributed by atoms with van der Waals surface area (Å²) in [6, 6.07) is -0.532. The highest BCUT2D eigenvalue weighted by Gasteiger charge is 2.27. The van der Waals surface area contributed by atoms with Gasteiger partial charge in [0.25, 0.3) is 0 Å². The number of rotatable bonds is 2. The maximum atomic E-state index is 10.3. The number of aliphatic carboxylic acids is 1. The zero-order valence-electron chi connectivity index (χ0n) is 6.24. The van der Waals surface area contributed by atoms with Crippen LogP contribution in [0.25, 0.3) is 0 Å². The molecule has 3 N–H and O–H groups in total. The molecule has 0 unspecified atom stereocenters. The molecule has 1 aliphatic heterocycles. The van der Waals surface area contributed by atoms with E-state index in [1.807, 2.05) is 0 Å². The molecule has 0 bridgehead atoms. The largest absolute Gasteiger partial charge is 0.480 e. The SMILES string of the molecule is Cl.[2H]O[C@H]1CN[C@H](C(=O)O)C1. The fourth-order valence-electron chi connectivity index (χ4n) is 0.891. The molecule has 0 amide bonds. The first kappa shape index (κ1) is 7.78. The topological polar surface area (TPSA) is 69.6 Å². The molecule has 1 fully saturated rings. The monoisotopic (exact) mass is 168 g/mol. The number of carbonyl (C=O) groups is 1. The molecular formula is C5H10ClNO3. The number of hydrogen-bond acceptors (Lipinski definition) is 3. The van der Waals surface area contributed by atoms with Crippen molar-refractivity contribution < 1.29 is 15.0 Å². The third-order valence-corrected chi connectivity index (χ3v) is 1.39. The molecule has 1 aliphatic rings. The first-order valence-electron chi connectivity index (χ1n) is 3.23. The number of hydrogen-bond donors (Lipinski definition) is 3. The number of aliphatic hydroxyl groups is 1. The van der Waals surface area contributed by atoms with Crippen LogP contribution in [-0.4, -0.2) is 36.3 Å². The van der Waals surface area contributed by atoms with Gasteiger partial charge in [-0.1, -0.05) is 0 Å². The minimum absolute atomic E-state index is 0. The third kappa shape index (κ3) is 2.13. The molecule has 4 nitrogen and oxygen atoms in total. The Morgan fingerprint density at radius 2 is 2.50 bits per heavy atom. The van der Waals surface area contributed by atoms with Gasteiger partial charge < -0.3 is 15.5 Å². The summed E-state index contributed by atoms with van der Waals surface area (Å²) in [6.07, 6.45) is 0.125. The summed E-state index contributed by atoms with van der Waals surface area (Å²) in [5.74, 6) is -0.875. The Labute approximate surface area is 66.1 Å². The van der Waals surface area contributed by atoms with Gasteiger partial charge in [0, 0.05) is 13.0 Å². The standard InChI is InChI=1S/C5H9NO3.ClH/c7-3-1-4(5(8)9)6-2-3;/h3-4,6-7H,1-2H2,(H,8,9);1H/t3-,4+;/m1./s1/i7D;. The third-order valence-electron chi connectivity index (χ3n) is 1.39. The number of nitrogens with one attached hydrogen (secondary N) is 1. The van der Waals surface area contributed by atoms with Crippen molar-refractivity contribution in [2.45, 2.75) is 18.6 Å². The summed E-state index contributed by atoms with van der Waals surface area (Å²) < 4.78 is 6.50. The first-order valence-corrected chi connectivity index (χ1v) is 2.82. The molecule has 10 heavy (non-hydrogen) atoms. The van der Waals surface area contributed by atoms with Gasteiger partial charge in [0.15, 0.2) is 0 Å². The summed E-state index contributed by atoms with van der Waals surface area (Å²) in [5.41, 5.74) is 0. The maximum Gasteiger partial charge on any atom is 0.320 e. The predicted molar refractivity (Wildman–Crippen MR) is 37.3 cm³/mol. The molecular weight excluding hydrogens is 158 g/mol. The van der Waals surface area contributed by atoms with Crippen LogP contribution < -0.4 is 5.32 Å². The second-order valence-corrected chi connectivity index (χ2v) is 2.16. The van der Waals surface area contributed by atoms with Crippen LogP contribution >= 0.6 is 12.4 Å². The van der Waals surface area contributed by atoms with Crippen LogP contribution in [0.5, 0.6) is 0 Å². The van der Waals surface area contributed by atoms with E-state index in [0.717, 1.165) is 0 Å². The Bertz CT molecular complexity index is 146. The highest BCUT2D eigenvalue weighted by molar-refractivity contribution is 5.85. The zero-order chi connectivity index (χ0) is 7.56. The molecule has 1 saturated heterocycles. The van der Waals surface area contributed by atoms with Crippen LogP contribution in [0.1, 0.15) is 6.42 Å². The zero-order valence-corrected chi connectivity index (χ0v) is 6.06. The molecule has 0 aromatic rings. The highest BCUT2D eigenvalue weighted by atomic mass is 35.5. The van der Waals surface area contributed by atoms with E-state index in [1.165, 1.54) is 0 Å². The maximum absolute atomic E-state index is 10.3. The summed E-state index contributed by atoms with van der Waals surface area (Å²) in [5, 5.41) is 15.4. The predicted octanol–water partition coefficient (Wildman–Crippen LogP) is -0.784. The van der Waals surface area contributed by atoms with Crippen LogP contribution in [-0.2, 0) is 4.79 Å². The lowest BCUT2D eigenvalue weighted by Gasteiger charge is -1.99. The van der Waals surface area contributed by atoms with Crippen molar-refractivity contribution in [2.75, 3.05) is 6.54 Å². The van der Waals surface area contributed by atoms with E-state index >= 15 is 0 Å². The lowest BCUT2D eigenvalue weighted by atomic mass is 10.2. The number of β-amino-alcohol motifs (C(OH)–C–C–N with tert-alkyl or cyclic N) is 1. The fraction of sp³-hybridized carbons (Fsp3) is 0.800. The van der Waals surface area contributed by atoms with Gasteiger partial charge in [-0.15, -0.1) is 12.4 Å². The van der Waals surface area contributed by atoms with Gasteiger partial charge in [-0.3, -0.25) is 4.79 Å². The average Bonchev–Trinajstić information content (AvgIpc) is 2.34. The first-order chi connectivity index (χ1) is 4.74. The van der Waals surface area contributed by atoms with E-state index in [-0.39, 0.29) is 18.5 Å². The molecule has 0 saturated carbocycles. The van der Waals surface area contributed by atoms with Gasteiger partial charge in [-0.2, -0.15) is 0 Å². The van der Waals surface area contributed by atoms with Crippen molar-refractivity contribution in [3.05, 3.63) is 0 Å². The second kappa shape index (κ2) is 3.75. The molecule has 0 aromatic carbocycles. The van der Waals surface area contributed by atoms with E-state index in [4.69, 9.17) is 6.54 Å². The van der Waals surface area contributed by atoms with Crippen molar-refractivity contribution >= 4 is 18.4 Å². The number of halogens is 1. The van der Waals surface area contributed by atoms with Crippen molar-refractivity contribution in [2.24, 2.45) is 0 Å². The van der Waals surface area contributed by atoms with Crippen LogP contribution in [0, 0.1) is 0 Å². The Hall–Kier alpha value is -0.320. The van der Waals surface area contributed by atoms with Crippen LogP contribution in [0.2, 0.25) is 0 Å². The van der Waals surface area contributed by atoms with E-state index < -0.39 is 12.0 Å².